The van der Waals surface area contributed by atoms with Gasteiger partial charge in [-0.3, -0.25) is 9.59 Å². The predicted molar refractivity (Wildman–Crippen MR) is 107 cm³/mol. The first-order valence-corrected chi connectivity index (χ1v) is 9.56. The van der Waals surface area contributed by atoms with E-state index in [0.29, 0.717) is 45.8 Å². The second kappa shape index (κ2) is 8.00. The van der Waals surface area contributed by atoms with Crippen LogP contribution in [0.2, 0.25) is 0 Å². The van der Waals surface area contributed by atoms with Gasteiger partial charge in [0.05, 0.1) is 34.0 Å². The molecule has 150 valence electrons. The number of amides is 2. The number of pyridine rings is 1. The Bertz CT molecular complexity index is 1070. The lowest BCUT2D eigenvalue weighted by molar-refractivity contribution is 0.0858. The van der Waals surface area contributed by atoms with E-state index in [0.717, 1.165) is 19.4 Å². The summed E-state index contributed by atoms with van der Waals surface area (Å²) >= 11 is 0. The van der Waals surface area contributed by atoms with E-state index in [1.165, 1.54) is 0 Å². The van der Waals surface area contributed by atoms with Gasteiger partial charge in [0.15, 0.2) is 0 Å². The van der Waals surface area contributed by atoms with E-state index in [9.17, 15) is 9.59 Å². The van der Waals surface area contributed by atoms with Crippen LogP contribution in [0.4, 0.5) is 5.69 Å². The maximum absolute atomic E-state index is 13.0. The highest BCUT2D eigenvalue weighted by atomic mass is 16.5. The molecule has 2 N–H and O–H groups in total. The van der Waals surface area contributed by atoms with Gasteiger partial charge in [-0.1, -0.05) is 17.3 Å². The number of nitrogens with zero attached hydrogens (tertiary/aromatic N) is 2. The third-order valence-corrected chi connectivity index (χ3v) is 4.92. The summed E-state index contributed by atoms with van der Waals surface area (Å²) in [6, 6.07) is 8.59. The molecule has 2 amide bonds. The number of hydrogen-bond acceptors (Lipinski definition) is 6. The molecule has 0 bridgehead atoms. The lowest BCUT2D eigenvalue weighted by Gasteiger charge is -2.14. The third kappa shape index (κ3) is 3.97. The topological polar surface area (TPSA) is 106 Å². The lowest BCUT2D eigenvalue weighted by Crippen LogP contribution is -2.32. The molecule has 3 aromatic rings. The zero-order chi connectivity index (χ0) is 20.4. The van der Waals surface area contributed by atoms with Crippen LogP contribution < -0.4 is 10.6 Å². The van der Waals surface area contributed by atoms with Crippen molar-refractivity contribution in [2.75, 3.05) is 18.5 Å². The SMILES string of the molecule is Cc1cc(C(=O)Nc2ccccc2C(=O)NC[C@@H]2CCCO2)c2c(C)noc2n1. The molecule has 8 heteroatoms. The number of anilines is 1. The number of aryl methyl sites for hydroxylation is 2. The highest BCUT2D eigenvalue weighted by Gasteiger charge is 2.21. The zero-order valence-electron chi connectivity index (χ0n) is 16.3. The summed E-state index contributed by atoms with van der Waals surface area (Å²) in [5.41, 5.74) is 2.76. The monoisotopic (exact) mass is 394 g/mol. The van der Waals surface area contributed by atoms with Crippen molar-refractivity contribution in [3.8, 4) is 0 Å². The van der Waals surface area contributed by atoms with Gasteiger partial charge >= 0.3 is 0 Å². The van der Waals surface area contributed by atoms with Crippen LogP contribution in [0.5, 0.6) is 0 Å². The van der Waals surface area contributed by atoms with Crippen LogP contribution in [-0.4, -0.2) is 41.2 Å². The molecule has 2 aromatic heterocycles. The molecular weight excluding hydrogens is 372 g/mol. The van der Waals surface area contributed by atoms with Crippen molar-refractivity contribution >= 4 is 28.6 Å². The van der Waals surface area contributed by atoms with Crippen molar-refractivity contribution in [2.45, 2.75) is 32.8 Å². The number of para-hydroxylation sites is 1. The fraction of sp³-hybridized carbons (Fsp3) is 0.333. The van der Waals surface area contributed by atoms with Gasteiger partial charge in [0.25, 0.3) is 17.5 Å². The molecule has 1 aliphatic heterocycles. The maximum atomic E-state index is 13.0. The minimum Gasteiger partial charge on any atom is -0.376 e. The molecule has 1 aromatic carbocycles. The number of hydrogen-bond donors (Lipinski definition) is 2. The number of rotatable bonds is 5. The summed E-state index contributed by atoms with van der Waals surface area (Å²) in [7, 11) is 0. The Labute approximate surface area is 167 Å². The van der Waals surface area contributed by atoms with Crippen LogP contribution in [-0.2, 0) is 4.74 Å². The molecule has 0 aliphatic carbocycles. The number of fused-ring (bicyclic) bond motifs is 1. The van der Waals surface area contributed by atoms with E-state index >= 15 is 0 Å². The van der Waals surface area contributed by atoms with Crippen molar-refractivity contribution in [1.82, 2.24) is 15.5 Å². The second-order valence-electron chi connectivity index (χ2n) is 7.10. The van der Waals surface area contributed by atoms with E-state index in [1.807, 2.05) is 0 Å². The van der Waals surface area contributed by atoms with Crippen LogP contribution in [0.15, 0.2) is 34.9 Å². The predicted octanol–water partition coefficient (Wildman–Crippen LogP) is 3.00. The van der Waals surface area contributed by atoms with Gasteiger partial charge in [-0.25, -0.2) is 4.98 Å². The average Bonchev–Trinajstić information content (AvgIpc) is 3.36. The lowest BCUT2D eigenvalue weighted by atomic mass is 10.1. The summed E-state index contributed by atoms with van der Waals surface area (Å²) in [6.07, 6.45) is 1.99. The molecule has 0 radical (unpaired) electrons. The molecule has 1 atom stereocenters. The van der Waals surface area contributed by atoms with Gasteiger partial charge in [0, 0.05) is 18.8 Å². The van der Waals surface area contributed by atoms with Gasteiger partial charge < -0.3 is 19.9 Å². The summed E-state index contributed by atoms with van der Waals surface area (Å²) < 4.78 is 10.7. The molecule has 0 unspecified atom stereocenters. The van der Waals surface area contributed by atoms with E-state index < -0.39 is 0 Å². The van der Waals surface area contributed by atoms with E-state index in [2.05, 4.69) is 20.8 Å². The van der Waals surface area contributed by atoms with Crippen LogP contribution in [0, 0.1) is 13.8 Å². The van der Waals surface area contributed by atoms with Gasteiger partial charge in [-0.2, -0.15) is 0 Å². The van der Waals surface area contributed by atoms with Gasteiger partial charge in [-0.05, 0) is 44.9 Å². The molecule has 4 rings (SSSR count). The van der Waals surface area contributed by atoms with Gasteiger partial charge in [0.1, 0.15) is 0 Å². The quantitative estimate of drug-likeness (QED) is 0.689. The third-order valence-electron chi connectivity index (χ3n) is 4.92. The Hall–Kier alpha value is -3.26. The van der Waals surface area contributed by atoms with Gasteiger partial charge in [0.2, 0.25) is 0 Å². The highest BCUT2D eigenvalue weighted by Crippen LogP contribution is 2.24. The normalized spacial score (nSPS) is 16.1. The smallest absolute Gasteiger partial charge is 0.258 e. The van der Waals surface area contributed by atoms with Gasteiger partial charge in [-0.15, -0.1) is 0 Å². The minimum absolute atomic E-state index is 0.0466. The van der Waals surface area contributed by atoms with Crippen molar-refractivity contribution in [3.05, 3.63) is 52.8 Å². The van der Waals surface area contributed by atoms with Crippen LogP contribution in [0.1, 0.15) is 44.9 Å². The first-order chi connectivity index (χ1) is 14.0. The minimum atomic E-state index is -0.355. The summed E-state index contributed by atoms with van der Waals surface area (Å²) in [5.74, 6) is -0.611. The Balaban J connectivity index is 1.56. The fourth-order valence-corrected chi connectivity index (χ4v) is 3.48. The number of benzene rings is 1. The summed E-state index contributed by atoms with van der Waals surface area (Å²) in [6.45, 7) is 4.72. The average molecular weight is 394 g/mol. The van der Waals surface area contributed by atoms with Crippen molar-refractivity contribution in [1.29, 1.82) is 0 Å². The number of carbonyl (C=O) groups is 2. The van der Waals surface area contributed by atoms with E-state index in [1.54, 1.807) is 44.2 Å². The standard InChI is InChI=1S/C21H22N4O4/c1-12-10-16(18-13(2)25-29-21(18)23-12)20(27)24-17-8-4-3-7-15(17)19(26)22-11-14-6-5-9-28-14/h3-4,7-8,10,14H,5-6,9,11H2,1-2H3,(H,22,26)(H,24,27)/t14-/m0/s1. The van der Waals surface area contributed by atoms with E-state index in [4.69, 9.17) is 9.26 Å². The first kappa shape index (κ1) is 19.1. The molecule has 0 saturated carbocycles. The molecule has 1 fully saturated rings. The molecule has 1 saturated heterocycles. The molecule has 0 spiro atoms. The summed E-state index contributed by atoms with van der Waals surface area (Å²) in [4.78, 5) is 29.9. The van der Waals surface area contributed by atoms with E-state index in [-0.39, 0.29) is 17.9 Å². The molecule has 3 heterocycles. The molecule has 29 heavy (non-hydrogen) atoms. The number of nitrogens with one attached hydrogen (secondary N) is 2. The van der Waals surface area contributed by atoms with Crippen molar-refractivity contribution in [2.24, 2.45) is 0 Å². The Morgan fingerprint density at radius 2 is 2.00 bits per heavy atom. The molecule has 8 nitrogen and oxygen atoms in total. The van der Waals surface area contributed by atoms with Crippen LogP contribution >= 0.6 is 0 Å². The highest BCUT2D eigenvalue weighted by molar-refractivity contribution is 6.14. The maximum Gasteiger partial charge on any atom is 0.258 e. The largest absolute Gasteiger partial charge is 0.376 e. The number of carbonyl (C=O) groups excluding carboxylic acids is 2. The Morgan fingerprint density at radius 3 is 2.79 bits per heavy atom. The molecule has 1 aliphatic rings. The van der Waals surface area contributed by atoms with Crippen LogP contribution in [0.3, 0.4) is 0 Å². The zero-order valence-corrected chi connectivity index (χ0v) is 16.3. The Kier molecular flexibility index (Phi) is 5.26. The summed E-state index contributed by atoms with van der Waals surface area (Å²) in [5, 5.41) is 10.2. The number of ether oxygens (including phenoxy) is 1. The molecular formula is C21H22N4O4. The number of aromatic nitrogens is 2. The van der Waals surface area contributed by atoms with Crippen molar-refractivity contribution < 1.29 is 18.8 Å². The second-order valence-corrected chi connectivity index (χ2v) is 7.10. The fourth-order valence-electron chi connectivity index (χ4n) is 3.48. The van der Waals surface area contributed by atoms with Crippen molar-refractivity contribution in [3.63, 3.8) is 0 Å². The van der Waals surface area contributed by atoms with Crippen LogP contribution in [0.25, 0.3) is 11.1 Å². The first-order valence-electron chi connectivity index (χ1n) is 9.56. The Morgan fingerprint density at radius 1 is 1.17 bits per heavy atom.